The summed E-state index contributed by atoms with van der Waals surface area (Å²) in [6.45, 7) is 2.55. The zero-order chi connectivity index (χ0) is 23.3. The second kappa shape index (κ2) is 12.6. The summed E-state index contributed by atoms with van der Waals surface area (Å²) in [5.41, 5.74) is 1.41. The number of nitrogens with one attached hydrogen (secondary N) is 1. The van der Waals surface area contributed by atoms with Crippen LogP contribution in [0.15, 0.2) is 54.1 Å². The van der Waals surface area contributed by atoms with Gasteiger partial charge in [-0.05, 0) is 54.0 Å². The topological polar surface area (TPSA) is 97.7 Å². The summed E-state index contributed by atoms with van der Waals surface area (Å²) in [5, 5.41) is 11.9. The van der Waals surface area contributed by atoms with Crippen LogP contribution in [0.2, 0.25) is 0 Å². The van der Waals surface area contributed by atoms with Gasteiger partial charge in [0, 0.05) is 12.6 Å². The minimum Gasteiger partial charge on any atom is -0.493 e. The highest BCUT2D eigenvalue weighted by Gasteiger charge is 2.08. The molecule has 2 aromatic rings. The Labute approximate surface area is 187 Å². The van der Waals surface area contributed by atoms with Gasteiger partial charge >= 0.3 is 5.97 Å². The largest absolute Gasteiger partial charge is 0.493 e. The van der Waals surface area contributed by atoms with Crippen molar-refractivity contribution in [3.63, 3.8) is 0 Å². The Kier molecular flexibility index (Phi) is 9.54. The third kappa shape index (κ3) is 7.33. The highest BCUT2D eigenvalue weighted by Crippen LogP contribution is 2.28. The molecule has 0 aliphatic rings. The zero-order valence-corrected chi connectivity index (χ0v) is 18.4. The minimum absolute atomic E-state index is 0.0173. The molecule has 2 rings (SSSR count). The lowest BCUT2D eigenvalue weighted by atomic mass is 10.1. The van der Waals surface area contributed by atoms with Gasteiger partial charge in [-0.2, -0.15) is 5.26 Å². The molecular weight excluding hydrogens is 408 g/mol. The molecule has 7 nitrogen and oxygen atoms in total. The number of amides is 1. The molecule has 1 N–H and O–H groups in total. The predicted molar refractivity (Wildman–Crippen MR) is 122 cm³/mol. The number of ether oxygens (including phenoxy) is 3. The molecule has 0 heterocycles. The minimum atomic E-state index is -0.545. The number of nitrogens with zero attached hydrogens (tertiary/aromatic N) is 1. The summed E-state index contributed by atoms with van der Waals surface area (Å²) < 4.78 is 15.7. The highest BCUT2D eigenvalue weighted by atomic mass is 16.5. The van der Waals surface area contributed by atoms with Crippen molar-refractivity contribution in [3.8, 4) is 23.3 Å². The SMILES string of the molecule is CCCCNC(=O)/C(C#N)=C/c1ccc(OC(=O)/C=C/c2ccc(OC)c(OC)c2)cc1. The fraction of sp³-hybridized carbons (Fsp3) is 0.240. The molecule has 0 atom stereocenters. The van der Waals surface area contributed by atoms with Gasteiger partial charge in [-0.25, -0.2) is 4.79 Å². The summed E-state index contributed by atoms with van der Waals surface area (Å²) >= 11 is 0. The Bertz CT molecular complexity index is 1030. The maximum Gasteiger partial charge on any atom is 0.336 e. The van der Waals surface area contributed by atoms with Crippen LogP contribution in [-0.2, 0) is 9.59 Å². The van der Waals surface area contributed by atoms with Crippen molar-refractivity contribution in [2.45, 2.75) is 19.8 Å². The van der Waals surface area contributed by atoms with E-state index in [1.807, 2.05) is 13.0 Å². The summed E-state index contributed by atoms with van der Waals surface area (Å²) in [7, 11) is 3.09. The van der Waals surface area contributed by atoms with E-state index in [0.29, 0.717) is 29.4 Å². The predicted octanol–water partition coefficient (Wildman–Crippen LogP) is 4.15. The zero-order valence-electron chi connectivity index (χ0n) is 18.4. The van der Waals surface area contributed by atoms with Crippen molar-refractivity contribution in [2.75, 3.05) is 20.8 Å². The Morgan fingerprint density at radius 1 is 1.03 bits per heavy atom. The van der Waals surface area contributed by atoms with Crippen molar-refractivity contribution in [1.29, 1.82) is 5.26 Å². The Balaban J connectivity index is 1.99. The Morgan fingerprint density at radius 2 is 1.72 bits per heavy atom. The van der Waals surface area contributed by atoms with Crippen molar-refractivity contribution in [3.05, 3.63) is 65.2 Å². The van der Waals surface area contributed by atoms with Crippen LogP contribution in [0.25, 0.3) is 12.2 Å². The van der Waals surface area contributed by atoms with E-state index < -0.39 is 11.9 Å². The quantitative estimate of drug-likeness (QED) is 0.198. The molecule has 1 amide bonds. The van der Waals surface area contributed by atoms with Gasteiger partial charge < -0.3 is 19.5 Å². The van der Waals surface area contributed by atoms with E-state index in [-0.39, 0.29) is 5.57 Å². The first-order chi connectivity index (χ1) is 15.5. The average Bonchev–Trinajstić information content (AvgIpc) is 2.82. The monoisotopic (exact) mass is 434 g/mol. The van der Waals surface area contributed by atoms with E-state index in [2.05, 4.69) is 5.32 Å². The van der Waals surface area contributed by atoms with Gasteiger partial charge in [0.2, 0.25) is 0 Å². The van der Waals surface area contributed by atoms with Gasteiger partial charge in [0.25, 0.3) is 5.91 Å². The first kappa shape index (κ1) is 24.2. The molecule has 0 aromatic heterocycles. The maximum absolute atomic E-state index is 12.1. The summed E-state index contributed by atoms with van der Waals surface area (Å²) in [6, 6.07) is 13.7. The number of methoxy groups -OCH3 is 2. The number of rotatable bonds is 10. The smallest absolute Gasteiger partial charge is 0.336 e. The molecule has 0 spiro atoms. The average molecular weight is 434 g/mol. The first-order valence-corrected chi connectivity index (χ1v) is 10.1. The number of hydrogen-bond acceptors (Lipinski definition) is 6. The molecule has 0 aliphatic heterocycles. The standard InChI is InChI=1S/C25H26N2O5/c1-4-5-14-27-25(29)20(17-26)15-18-6-10-21(11-7-18)32-24(28)13-9-19-8-12-22(30-2)23(16-19)31-3/h6-13,15-16H,4-5,14H2,1-3H3,(H,27,29)/b13-9+,20-15+. The second-order valence-corrected chi connectivity index (χ2v) is 6.72. The van der Waals surface area contributed by atoms with Crippen LogP contribution in [-0.4, -0.2) is 32.6 Å². The molecule has 0 fully saturated rings. The van der Waals surface area contributed by atoms with Crippen LogP contribution in [0.4, 0.5) is 0 Å². The van der Waals surface area contributed by atoms with Crippen molar-refractivity contribution < 1.29 is 23.8 Å². The summed E-state index contributed by atoms with van der Waals surface area (Å²) in [6.07, 6.45) is 6.21. The molecule has 0 aliphatic carbocycles. The molecule has 0 radical (unpaired) electrons. The first-order valence-electron chi connectivity index (χ1n) is 10.1. The van der Waals surface area contributed by atoms with Crippen molar-refractivity contribution in [1.82, 2.24) is 5.32 Å². The molecule has 32 heavy (non-hydrogen) atoms. The van der Waals surface area contributed by atoms with Crippen molar-refractivity contribution >= 4 is 24.0 Å². The number of hydrogen-bond donors (Lipinski definition) is 1. The molecular formula is C25H26N2O5. The number of carbonyl (C=O) groups excluding carboxylic acids is 2. The fourth-order valence-corrected chi connectivity index (χ4v) is 2.69. The lowest BCUT2D eigenvalue weighted by Crippen LogP contribution is -2.25. The van der Waals surface area contributed by atoms with Crippen LogP contribution < -0.4 is 19.5 Å². The second-order valence-electron chi connectivity index (χ2n) is 6.72. The molecule has 2 aromatic carbocycles. The summed E-state index contributed by atoms with van der Waals surface area (Å²) in [4.78, 5) is 24.2. The van der Waals surface area contributed by atoms with Gasteiger partial charge in [0.15, 0.2) is 11.5 Å². The van der Waals surface area contributed by atoms with E-state index >= 15 is 0 Å². The molecule has 0 bridgehead atoms. The molecule has 166 valence electrons. The lowest BCUT2D eigenvalue weighted by Gasteiger charge is -2.07. The van der Waals surface area contributed by atoms with E-state index in [1.165, 1.54) is 19.3 Å². The van der Waals surface area contributed by atoms with Crippen LogP contribution in [0.3, 0.4) is 0 Å². The van der Waals surface area contributed by atoms with Crippen molar-refractivity contribution in [2.24, 2.45) is 0 Å². The molecule has 0 saturated heterocycles. The third-order valence-corrected chi connectivity index (χ3v) is 4.41. The van der Waals surface area contributed by atoms with E-state index in [4.69, 9.17) is 14.2 Å². The van der Waals surface area contributed by atoms with Crippen LogP contribution in [0, 0.1) is 11.3 Å². The summed E-state index contributed by atoms with van der Waals surface area (Å²) in [5.74, 6) is 0.546. The van der Waals surface area contributed by atoms with Gasteiger partial charge in [-0.15, -0.1) is 0 Å². The number of carbonyl (C=O) groups is 2. The van der Waals surface area contributed by atoms with Crippen LogP contribution in [0.1, 0.15) is 30.9 Å². The van der Waals surface area contributed by atoms with E-state index in [0.717, 1.165) is 18.4 Å². The highest BCUT2D eigenvalue weighted by molar-refractivity contribution is 6.01. The Morgan fingerprint density at radius 3 is 2.34 bits per heavy atom. The molecule has 0 unspecified atom stereocenters. The fourth-order valence-electron chi connectivity index (χ4n) is 2.69. The normalized spacial score (nSPS) is 11.0. The Hall–Kier alpha value is -4.05. The van der Waals surface area contributed by atoms with Gasteiger partial charge in [-0.1, -0.05) is 31.5 Å². The van der Waals surface area contributed by atoms with Gasteiger partial charge in [-0.3, -0.25) is 4.79 Å². The van der Waals surface area contributed by atoms with Crippen LogP contribution in [0.5, 0.6) is 17.2 Å². The van der Waals surface area contributed by atoms with E-state index in [9.17, 15) is 14.9 Å². The molecule has 7 heteroatoms. The number of unbranched alkanes of at least 4 members (excludes halogenated alkanes) is 1. The van der Waals surface area contributed by atoms with Crippen LogP contribution >= 0.6 is 0 Å². The lowest BCUT2D eigenvalue weighted by molar-refractivity contribution is -0.128. The number of esters is 1. The molecule has 0 saturated carbocycles. The van der Waals surface area contributed by atoms with Gasteiger partial charge in [0.1, 0.15) is 17.4 Å². The number of benzene rings is 2. The number of nitriles is 1. The third-order valence-electron chi connectivity index (χ3n) is 4.41. The van der Waals surface area contributed by atoms with E-state index in [1.54, 1.807) is 55.7 Å². The maximum atomic E-state index is 12.1. The van der Waals surface area contributed by atoms with Gasteiger partial charge in [0.05, 0.1) is 14.2 Å².